The van der Waals surface area contributed by atoms with Crippen LogP contribution in [0.3, 0.4) is 0 Å². The predicted octanol–water partition coefficient (Wildman–Crippen LogP) is 1.06. The van der Waals surface area contributed by atoms with E-state index in [0.717, 1.165) is 30.2 Å². The first-order valence-electron chi connectivity index (χ1n) is 5.58. The van der Waals surface area contributed by atoms with Crippen molar-refractivity contribution < 1.29 is 4.79 Å². The topological polar surface area (TPSA) is 72.4 Å². The second-order valence-electron chi connectivity index (χ2n) is 3.95. The molecule has 2 rings (SSSR count). The Morgan fingerprint density at radius 1 is 1.65 bits per heavy atom. The number of imidazole rings is 1. The summed E-state index contributed by atoms with van der Waals surface area (Å²) < 4.78 is 2.10. The number of nitrogens with one attached hydrogen (secondary N) is 1. The molecule has 0 unspecified atom stereocenters. The van der Waals surface area contributed by atoms with Gasteiger partial charge in [-0.15, -0.1) is 11.3 Å². The highest BCUT2D eigenvalue weighted by Gasteiger charge is 2.08. The average molecular weight is 252 g/mol. The zero-order valence-corrected chi connectivity index (χ0v) is 10.6. The Morgan fingerprint density at radius 3 is 3.24 bits per heavy atom. The molecule has 2 heterocycles. The van der Waals surface area contributed by atoms with Crippen LogP contribution in [-0.4, -0.2) is 21.8 Å². The monoisotopic (exact) mass is 252 g/mol. The number of hydrogen-bond acceptors (Lipinski definition) is 4. The molecule has 0 spiro atoms. The molecular formula is C11H16N4OS. The van der Waals surface area contributed by atoms with E-state index in [1.165, 1.54) is 5.69 Å². The standard InChI is InChI=1S/C11H16N4OS/c1-8-9(7-13-4-2-3-10(12)16)15-5-6-17-11(15)14-8/h5-6,13H,2-4,7H2,1H3,(H2,12,16). The summed E-state index contributed by atoms with van der Waals surface area (Å²) >= 11 is 1.63. The highest BCUT2D eigenvalue weighted by molar-refractivity contribution is 7.15. The number of nitrogens with zero attached hydrogens (tertiary/aromatic N) is 2. The number of amides is 1. The first-order chi connectivity index (χ1) is 8.18. The van der Waals surface area contributed by atoms with Crippen molar-refractivity contribution in [2.75, 3.05) is 6.54 Å². The molecular weight excluding hydrogens is 236 g/mol. The van der Waals surface area contributed by atoms with Gasteiger partial charge in [0.05, 0.1) is 11.4 Å². The quantitative estimate of drug-likeness (QED) is 0.755. The van der Waals surface area contributed by atoms with Gasteiger partial charge in [-0.05, 0) is 19.9 Å². The number of thiazole rings is 1. The van der Waals surface area contributed by atoms with Crippen LogP contribution in [-0.2, 0) is 11.3 Å². The minimum absolute atomic E-state index is 0.243. The number of hydrogen-bond donors (Lipinski definition) is 2. The van der Waals surface area contributed by atoms with Crippen LogP contribution in [0.2, 0.25) is 0 Å². The van der Waals surface area contributed by atoms with Crippen LogP contribution in [0.4, 0.5) is 0 Å². The van der Waals surface area contributed by atoms with E-state index < -0.39 is 0 Å². The van der Waals surface area contributed by atoms with Crippen LogP contribution in [0.25, 0.3) is 4.96 Å². The van der Waals surface area contributed by atoms with Gasteiger partial charge in [0.25, 0.3) is 0 Å². The smallest absolute Gasteiger partial charge is 0.217 e. The molecule has 0 saturated carbocycles. The van der Waals surface area contributed by atoms with Crippen molar-refractivity contribution in [3.63, 3.8) is 0 Å². The maximum atomic E-state index is 10.6. The second kappa shape index (κ2) is 5.29. The maximum Gasteiger partial charge on any atom is 0.217 e. The summed E-state index contributed by atoms with van der Waals surface area (Å²) in [5.41, 5.74) is 7.31. The number of nitrogens with two attached hydrogens (primary N) is 1. The Morgan fingerprint density at radius 2 is 2.47 bits per heavy atom. The minimum Gasteiger partial charge on any atom is -0.370 e. The number of aryl methyl sites for hydroxylation is 1. The summed E-state index contributed by atoms with van der Waals surface area (Å²) in [4.78, 5) is 16.1. The third kappa shape index (κ3) is 2.83. The van der Waals surface area contributed by atoms with Crippen molar-refractivity contribution >= 4 is 22.2 Å². The summed E-state index contributed by atoms with van der Waals surface area (Å²) in [6.45, 7) is 3.57. The molecule has 1 amide bonds. The molecule has 0 aromatic carbocycles. The van der Waals surface area contributed by atoms with Crippen LogP contribution in [0.1, 0.15) is 24.2 Å². The van der Waals surface area contributed by atoms with Gasteiger partial charge in [-0.25, -0.2) is 4.98 Å². The van der Waals surface area contributed by atoms with Crippen molar-refractivity contribution in [1.29, 1.82) is 0 Å². The molecule has 0 bridgehead atoms. The molecule has 0 atom stereocenters. The Bertz CT molecular complexity index is 516. The number of aromatic nitrogens is 2. The van der Waals surface area contributed by atoms with Gasteiger partial charge in [0.2, 0.25) is 5.91 Å². The zero-order chi connectivity index (χ0) is 12.3. The zero-order valence-electron chi connectivity index (χ0n) is 9.77. The number of carbonyl (C=O) groups excluding carboxylic acids is 1. The van der Waals surface area contributed by atoms with E-state index in [4.69, 9.17) is 5.73 Å². The van der Waals surface area contributed by atoms with Crippen molar-refractivity contribution in [2.24, 2.45) is 5.73 Å². The van der Waals surface area contributed by atoms with Gasteiger partial charge in [0.1, 0.15) is 0 Å². The maximum absolute atomic E-state index is 10.6. The van der Waals surface area contributed by atoms with E-state index in [-0.39, 0.29) is 5.91 Å². The minimum atomic E-state index is -0.243. The fourth-order valence-corrected chi connectivity index (χ4v) is 2.53. The van der Waals surface area contributed by atoms with E-state index >= 15 is 0 Å². The number of fused-ring (bicyclic) bond motifs is 1. The predicted molar refractivity (Wildman–Crippen MR) is 67.9 cm³/mol. The highest BCUT2D eigenvalue weighted by Crippen LogP contribution is 2.16. The fourth-order valence-electron chi connectivity index (χ4n) is 1.75. The Labute approximate surface area is 104 Å². The SMILES string of the molecule is Cc1nc2sccn2c1CNCCCC(N)=O. The van der Waals surface area contributed by atoms with Crippen LogP contribution in [0.15, 0.2) is 11.6 Å². The lowest BCUT2D eigenvalue weighted by Crippen LogP contribution is -2.19. The highest BCUT2D eigenvalue weighted by atomic mass is 32.1. The van der Waals surface area contributed by atoms with Gasteiger partial charge >= 0.3 is 0 Å². The van der Waals surface area contributed by atoms with E-state index in [1.807, 2.05) is 18.5 Å². The summed E-state index contributed by atoms with van der Waals surface area (Å²) in [6, 6.07) is 0. The van der Waals surface area contributed by atoms with Crippen molar-refractivity contribution in [3.8, 4) is 0 Å². The van der Waals surface area contributed by atoms with Crippen LogP contribution >= 0.6 is 11.3 Å². The third-order valence-corrected chi connectivity index (χ3v) is 3.39. The van der Waals surface area contributed by atoms with Crippen molar-refractivity contribution in [1.82, 2.24) is 14.7 Å². The third-order valence-electron chi connectivity index (χ3n) is 2.63. The number of primary amides is 1. The van der Waals surface area contributed by atoms with Crippen LogP contribution < -0.4 is 11.1 Å². The molecule has 6 heteroatoms. The number of rotatable bonds is 6. The lowest BCUT2D eigenvalue weighted by Gasteiger charge is -2.04. The summed E-state index contributed by atoms with van der Waals surface area (Å²) in [5.74, 6) is -0.243. The molecule has 2 aromatic rings. The molecule has 0 fully saturated rings. The summed E-state index contributed by atoms with van der Waals surface area (Å²) in [7, 11) is 0. The number of carbonyl (C=O) groups is 1. The van der Waals surface area contributed by atoms with Gasteiger partial charge in [0.15, 0.2) is 4.96 Å². The van der Waals surface area contributed by atoms with Gasteiger partial charge in [-0.1, -0.05) is 0 Å². The molecule has 0 radical (unpaired) electrons. The Hall–Kier alpha value is -1.40. The lowest BCUT2D eigenvalue weighted by atomic mass is 10.3. The van der Waals surface area contributed by atoms with E-state index in [9.17, 15) is 4.79 Å². The second-order valence-corrected chi connectivity index (χ2v) is 4.82. The first kappa shape index (κ1) is 12.1. The van der Waals surface area contributed by atoms with Crippen molar-refractivity contribution in [2.45, 2.75) is 26.3 Å². The van der Waals surface area contributed by atoms with Crippen LogP contribution in [0, 0.1) is 6.92 Å². The largest absolute Gasteiger partial charge is 0.370 e. The molecule has 92 valence electrons. The first-order valence-corrected chi connectivity index (χ1v) is 6.46. The summed E-state index contributed by atoms with van der Waals surface area (Å²) in [5, 5.41) is 5.33. The molecule has 0 saturated heterocycles. The van der Waals surface area contributed by atoms with Gasteiger partial charge in [-0.3, -0.25) is 9.20 Å². The molecule has 2 aromatic heterocycles. The molecule has 0 aliphatic rings. The lowest BCUT2D eigenvalue weighted by molar-refractivity contribution is -0.118. The van der Waals surface area contributed by atoms with E-state index in [1.54, 1.807) is 11.3 Å². The van der Waals surface area contributed by atoms with Crippen molar-refractivity contribution in [3.05, 3.63) is 23.0 Å². The van der Waals surface area contributed by atoms with Gasteiger partial charge in [0, 0.05) is 24.5 Å². The van der Waals surface area contributed by atoms with Gasteiger partial charge < -0.3 is 11.1 Å². The van der Waals surface area contributed by atoms with E-state index in [2.05, 4.69) is 14.7 Å². The summed E-state index contributed by atoms with van der Waals surface area (Å²) in [6.07, 6.45) is 3.24. The van der Waals surface area contributed by atoms with Crippen LogP contribution in [0.5, 0.6) is 0 Å². The molecule has 5 nitrogen and oxygen atoms in total. The molecule has 0 aliphatic heterocycles. The molecule has 17 heavy (non-hydrogen) atoms. The van der Waals surface area contributed by atoms with E-state index in [0.29, 0.717) is 6.42 Å². The normalized spacial score (nSPS) is 11.1. The molecule has 3 N–H and O–H groups in total. The molecule has 0 aliphatic carbocycles. The average Bonchev–Trinajstić information content (AvgIpc) is 2.80. The Balaban J connectivity index is 1.88. The van der Waals surface area contributed by atoms with Gasteiger partial charge in [-0.2, -0.15) is 0 Å². The fraction of sp³-hybridized carbons (Fsp3) is 0.455. The Kier molecular flexibility index (Phi) is 3.75.